The minimum absolute atomic E-state index is 0.292. The van der Waals surface area contributed by atoms with Gasteiger partial charge in [0, 0.05) is 5.56 Å². The summed E-state index contributed by atoms with van der Waals surface area (Å²) < 4.78 is 53.1. The zero-order valence-corrected chi connectivity index (χ0v) is 12.1. The van der Waals surface area contributed by atoms with Crippen LogP contribution in [0.1, 0.15) is 15.9 Å². The Hall–Kier alpha value is -2.48. The summed E-state index contributed by atoms with van der Waals surface area (Å²) in [7, 11) is -4.27. The Balaban J connectivity index is 2.45. The lowest BCUT2D eigenvalue weighted by Crippen LogP contribution is -2.24. The molecule has 116 valence electrons. The number of aryl methyl sites for hydroxylation is 1. The Kier molecular flexibility index (Phi) is 4.14. The molecule has 8 heteroatoms. The smallest absolute Gasteiger partial charge is 0.262 e. The lowest BCUT2D eigenvalue weighted by molar-refractivity contribution is -0.255. The molecule has 22 heavy (non-hydrogen) atoms. The van der Waals surface area contributed by atoms with E-state index in [4.69, 9.17) is 0 Å². The molecule has 5 nitrogen and oxygen atoms in total. The Morgan fingerprint density at radius 2 is 1.73 bits per heavy atom. The standard InChI is InChI=1S/C14H11F2NO4S/c1-8-2-4-12(16)13(6-8)17-22(20,21)9-3-5-11(15)10(7-9)14(18)19/h2-7,17H,1H3,(H,18,19)/p-1. The summed E-state index contributed by atoms with van der Waals surface area (Å²) in [5, 5.41) is 10.7. The summed E-state index contributed by atoms with van der Waals surface area (Å²) in [5.41, 5.74) is -0.569. The van der Waals surface area contributed by atoms with Crippen LogP contribution in [0.25, 0.3) is 0 Å². The van der Waals surface area contributed by atoms with E-state index in [1.165, 1.54) is 12.1 Å². The van der Waals surface area contributed by atoms with Crippen LogP contribution < -0.4 is 9.83 Å². The average Bonchev–Trinajstić information content (AvgIpc) is 2.42. The number of hydrogen-bond acceptors (Lipinski definition) is 4. The molecule has 0 aliphatic carbocycles. The summed E-state index contributed by atoms with van der Waals surface area (Å²) in [6, 6.07) is 5.99. The zero-order valence-electron chi connectivity index (χ0n) is 11.3. The van der Waals surface area contributed by atoms with E-state index in [-0.39, 0.29) is 5.69 Å². The fourth-order valence-corrected chi connectivity index (χ4v) is 2.83. The molecule has 0 unspecified atom stereocenters. The predicted molar refractivity (Wildman–Crippen MR) is 72.7 cm³/mol. The highest BCUT2D eigenvalue weighted by atomic mass is 32.2. The van der Waals surface area contributed by atoms with Crippen molar-refractivity contribution >= 4 is 21.7 Å². The number of nitrogens with one attached hydrogen (secondary N) is 1. The molecule has 0 amide bonds. The number of carbonyl (C=O) groups is 1. The minimum atomic E-state index is -4.27. The van der Waals surface area contributed by atoms with E-state index in [9.17, 15) is 27.1 Å². The molecule has 0 spiro atoms. The Bertz CT molecular complexity index is 850. The van der Waals surface area contributed by atoms with Gasteiger partial charge in [-0.2, -0.15) is 0 Å². The quantitative estimate of drug-likeness (QED) is 0.921. The van der Waals surface area contributed by atoms with Gasteiger partial charge in [0.2, 0.25) is 0 Å². The van der Waals surface area contributed by atoms with Crippen molar-refractivity contribution in [3.05, 3.63) is 59.2 Å². The Labute approximate surface area is 125 Å². The highest BCUT2D eigenvalue weighted by Crippen LogP contribution is 2.21. The molecule has 0 heterocycles. The van der Waals surface area contributed by atoms with Crippen LogP contribution in [0, 0.1) is 18.6 Å². The highest BCUT2D eigenvalue weighted by molar-refractivity contribution is 7.92. The number of benzene rings is 2. The normalized spacial score (nSPS) is 11.2. The molecule has 0 aliphatic heterocycles. The van der Waals surface area contributed by atoms with E-state index in [1.807, 2.05) is 4.72 Å². The Morgan fingerprint density at radius 3 is 2.36 bits per heavy atom. The van der Waals surface area contributed by atoms with Crippen LogP contribution in [0.4, 0.5) is 14.5 Å². The molecular formula is C14H10F2NO4S-. The molecule has 1 N–H and O–H groups in total. The summed E-state index contributed by atoms with van der Waals surface area (Å²) in [6.45, 7) is 1.64. The number of hydrogen-bond donors (Lipinski definition) is 1. The maximum absolute atomic E-state index is 13.6. The first kappa shape index (κ1) is 15.9. The van der Waals surface area contributed by atoms with Crippen LogP contribution in [0.5, 0.6) is 0 Å². The van der Waals surface area contributed by atoms with E-state index in [1.54, 1.807) is 6.92 Å². The maximum atomic E-state index is 13.6. The van der Waals surface area contributed by atoms with Gasteiger partial charge in [0.1, 0.15) is 11.6 Å². The number of sulfonamides is 1. The summed E-state index contributed by atoms with van der Waals surface area (Å²) in [5.74, 6) is -3.77. The van der Waals surface area contributed by atoms with Crippen LogP contribution in [-0.4, -0.2) is 14.4 Å². The fraction of sp³-hybridized carbons (Fsp3) is 0.0714. The zero-order chi connectivity index (χ0) is 16.5. The van der Waals surface area contributed by atoms with Gasteiger partial charge in [0.05, 0.1) is 16.6 Å². The van der Waals surface area contributed by atoms with Crippen LogP contribution in [0.2, 0.25) is 0 Å². The second-order valence-electron chi connectivity index (χ2n) is 4.52. The third-order valence-corrected chi connectivity index (χ3v) is 4.20. The van der Waals surface area contributed by atoms with Crippen molar-refractivity contribution in [1.82, 2.24) is 0 Å². The molecule has 2 rings (SSSR count). The van der Waals surface area contributed by atoms with Gasteiger partial charge < -0.3 is 9.90 Å². The topological polar surface area (TPSA) is 86.3 Å². The van der Waals surface area contributed by atoms with Gasteiger partial charge in [0.25, 0.3) is 10.0 Å². The second kappa shape index (κ2) is 5.72. The Morgan fingerprint density at radius 1 is 1.09 bits per heavy atom. The lowest BCUT2D eigenvalue weighted by atomic mass is 10.2. The lowest BCUT2D eigenvalue weighted by Gasteiger charge is -2.11. The van der Waals surface area contributed by atoms with E-state index in [0.29, 0.717) is 17.7 Å². The third-order valence-electron chi connectivity index (χ3n) is 2.83. The van der Waals surface area contributed by atoms with Gasteiger partial charge in [0.15, 0.2) is 0 Å². The van der Waals surface area contributed by atoms with E-state index >= 15 is 0 Å². The van der Waals surface area contributed by atoms with Gasteiger partial charge in [-0.15, -0.1) is 0 Å². The number of carbonyl (C=O) groups excluding carboxylic acids is 1. The summed E-state index contributed by atoms with van der Waals surface area (Å²) in [4.78, 5) is 10.2. The number of aromatic carboxylic acids is 1. The van der Waals surface area contributed by atoms with E-state index < -0.39 is 38.1 Å². The van der Waals surface area contributed by atoms with Gasteiger partial charge in [-0.05, 0) is 42.8 Å². The number of anilines is 1. The third kappa shape index (κ3) is 3.22. The maximum Gasteiger partial charge on any atom is 0.262 e. The molecule has 0 bridgehead atoms. The van der Waals surface area contributed by atoms with Crippen molar-refractivity contribution < 1.29 is 27.1 Å². The fourth-order valence-electron chi connectivity index (χ4n) is 1.75. The first-order valence-electron chi connectivity index (χ1n) is 6.00. The van der Waals surface area contributed by atoms with Crippen LogP contribution in [0.3, 0.4) is 0 Å². The average molecular weight is 326 g/mol. The molecule has 0 atom stereocenters. The number of rotatable bonds is 4. The van der Waals surface area contributed by atoms with E-state index in [2.05, 4.69) is 0 Å². The second-order valence-corrected chi connectivity index (χ2v) is 6.20. The molecule has 0 aliphatic rings. The van der Waals surface area contributed by atoms with Crippen molar-refractivity contribution in [1.29, 1.82) is 0 Å². The molecule has 0 saturated carbocycles. The van der Waals surface area contributed by atoms with Crippen molar-refractivity contribution in [2.75, 3.05) is 4.72 Å². The molecular weight excluding hydrogens is 316 g/mol. The SMILES string of the molecule is Cc1ccc(F)c(NS(=O)(=O)c2ccc(F)c(C(=O)[O-])c2)c1. The van der Waals surface area contributed by atoms with Gasteiger partial charge in [-0.1, -0.05) is 6.07 Å². The van der Waals surface area contributed by atoms with Crippen molar-refractivity contribution in [2.45, 2.75) is 11.8 Å². The van der Waals surface area contributed by atoms with Gasteiger partial charge in [-0.3, -0.25) is 4.72 Å². The predicted octanol–water partition coefficient (Wildman–Crippen LogP) is 1.44. The molecule has 2 aromatic carbocycles. The number of halogens is 2. The van der Waals surface area contributed by atoms with Gasteiger partial charge >= 0.3 is 0 Å². The van der Waals surface area contributed by atoms with E-state index in [0.717, 1.165) is 12.1 Å². The van der Waals surface area contributed by atoms with Crippen molar-refractivity contribution in [3.63, 3.8) is 0 Å². The summed E-state index contributed by atoms with van der Waals surface area (Å²) in [6.07, 6.45) is 0. The summed E-state index contributed by atoms with van der Waals surface area (Å²) >= 11 is 0. The monoisotopic (exact) mass is 326 g/mol. The highest BCUT2D eigenvalue weighted by Gasteiger charge is 2.18. The number of carboxylic acids is 1. The molecule has 2 aromatic rings. The van der Waals surface area contributed by atoms with Gasteiger partial charge in [-0.25, -0.2) is 17.2 Å². The van der Waals surface area contributed by atoms with Crippen LogP contribution >= 0.6 is 0 Å². The van der Waals surface area contributed by atoms with Crippen molar-refractivity contribution in [3.8, 4) is 0 Å². The minimum Gasteiger partial charge on any atom is -0.545 e. The number of carboxylic acid groups (broad SMARTS) is 1. The van der Waals surface area contributed by atoms with Crippen molar-refractivity contribution in [2.24, 2.45) is 0 Å². The molecule has 0 aromatic heterocycles. The first-order chi connectivity index (χ1) is 10.2. The first-order valence-corrected chi connectivity index (χ1v) is 7.49. The van der Waals surface area contributed by atoms with Crippen LogP contribution in [-0.2, 0) is 10.0 Å². The molecule has 0 radical (unpaired) electrons. The largest absolute Gasteiger partial charge is 0.545 e. The molecule has 0 fully saturated rings. The molecule has 0 saturated heterocycles. The van der Waals surface area contributed by atoms with Crippen LogP contribution in [0.15, 0.2) is 41.3 Å².